The molecule has 0 aromatic heterocycles. The molecule has 2 atom stereocenters. The number of guanidine groups is 1. The number of hydrogen-bond donors (Lipinski definition) is 1. The van der Waals surface area contributed by atoms with Gasteiger partial charge in [-0.05, 0) is 25.2 Å². The van der Waals surface area contributed by atoms with Crippen molar-refractivity contribution in [3.63, 3.8) is 0 Å². The quantitative estimate of drug-likeness (QED) is 0.562. The zero-order chi connectivity index (χ0) is 17.5. The standard InChI is InChI=1S/C16H34N4O2S/c1-6-17-16(19-12-14(4)11-15(5)13-19)18-9-10-23(21,22)20(7-2)8-3/h14-15H,6-13H2,1-5H3,(H,17,18). The molecule has 0 bridgehead atoms. The van der Waals surface area contributed by atoms with E-state index >= 15 is 0 Å². The van der Waals surface area contributed by atoms with Gasteiger partial charge in [-0.2, -0.15) is 0 Å². The van der Waals surface area contributed by atoms with Gasteiger partial charge in [-0.15, -0.1) is 0 Å². The molecule has 1 rings (SSSR count). The van der Waals surface area contributed by atoms with Crippen LogP contribution in [0.15, 0.2) is 4.99 Å². The number of likely N-dealkylation sites (tertiary alicyclic amines) is 1. The summed E-state index contributed by atoms with van der Waals surface area (Å²) in [5.41, 5.74) is 0. The molecule has 1 heterocycles. The van der Waals surface area contributed by atoms with E-state index in [-0.39, 0.29) is 5.75 Å². The first-order valence-corrected chi connectivity index (χ1v) is 10.5. The molecule has 7 heteroatoms. The Kier molecular flexibility index (Phi) is 8.33. The summed E-state index contributed by atoms with van der Waals surface area (Å²) < 4.78 is 26.0. The molecule has 136 valence electrons. The zero-order valence-corrected chi connectivity index (χ0v) is 16.2. The molecule has 0 aliphatic carbocycles. The van der Waals surface area contributed by atoms with Crippen LogP contribution >= 0.6 is 0 Å². The summed E-state index contributed by atoms with van der Waals surface area (Å²) in [5.74, 6) is 2.20. The first-order valence-electron chi connectivity index (χ1n) is 8.85. The van der Waals surface area contributed by atoms with E-state index in [4.69, 9.17) is 0 Å². The lowest BCUT2D eigenvalue weighted by atomic mass is 9.92. The molecule has 0 aromatic rings. The number of rotatable bonds is 7. The molecule has 0 amide bonds. The van der Waals surface area contributed by atoms with Gasteiger partial charge in [-0.1, -0.05) is 27.7 Å². The third-order valence-electron chi connectivity index (χ3n) is 4.21. The summed E-state index contributed by atoms with van der Waals surface area (Å²) in [7, 11) is -3.21. The summed E-state index contributed by atoms with van der Waals surface area (Å²) in [4.78, 5) is 6.84. The van der Waals surface area contributed by atoms with Crippen LogP contribution in [0.4, 0.5) is 0 Å². The van der Waals surface area contributed by atoms with Gasteiger partial charge in [-0.3, -0.25) is 4.99 Å². The van der Waals surface area contributed by atoms with Crippen molar-refractivity contribution in [2.24, 2.45) is 16.8 Å². The molecule has 23 heavy (non-hydrogen) atoms. The molecule has 0 radical (unpaired) electrons. The molecule has 1 saturated heterocycles. The van der Waals surface area contributed by atoms with Crippen LogP contribution in [0.3, 0.4) is 0 Å². The normalized spacial score (nSPS) is 23.4. The Balaban J connectivity index is 2.72. The number of nitrogens with one attached hydrogen (secondary N) is 1. The van der Waals surface area contributed by atoms with Crippen molar-refractivity contribution in [1.82, 2.24) is 14.5 Å². The molecule has 1 N–H and O–H groups in total. The van der Waals surface area contributed by atoms with Gasteiger partial charge in [-0.25, -0.2) is 12.7 Å². The van der Waals surface area contributed by atoms with E-state index in [0.717, 1.165) is 25.6 Å². The van der Waals surface area contributed by atoms with Crippen molar-refractivity contribution in [1.29, 1.82) is 0 Å². The topological polar surface area (TPSA) is 65.0 Å². The van der Waals surface area contributed by atoms with Gasteiger partial charge in [0.05, 0.1) is 12.3 Å². The molecule has 0 saturated carbocycles. The minimum atomic E-state index is -3.21. The second-order valence-corrected chi connectivity index (χ2v) is 8.58. The second-order valence-electron chi connectivity index (χ2n) is 6.49. The highest BCUT2D eigenvalue weighted by Gasteiger charge is 2.24. The molecule has 6 nitrogen and oxygen atoms in total. The number of aliphatic imine (C=N–C) groups is 1. The van der Waals surface area contributed by atoms with E-state index in [1.165, 1.54) is 10.7 Å². The predicted octanol–water partition coefficient (Wildman–Crippen LogP) is 1.60. The Morgan fingerprint density at radius 3 is 2.22 bits per heavy atom. The lowest BCUT2D eigenvalue weighted by Gasteiger charge is -2.37. The fourth-order valence-electron chi connectivity index (χ4n) is 3.27. The van der Waals surface area contributed by atoms with Gasteiger partial charge in [0.2, 0.25) is 10.0 Å². The number of sulfonamides is 1. The highest BCUT2D eigenvalue weighted by Crippen LogP contribution is 2.20. The van der Waals surface area contributed by atoms with Crippen molar-refractivity contribution in [2.45, 2.75) is 41.0 Å². The van der Waals surface area contributed by atoms with Crippen molar-refractivity contribution in [3.05, 3.63) is 0 Å². The van der Waals surface area contributed by atoms with Crippen molar-refractivity contribution in [3.8, 4) is 0 Å². The maximum Gasteiger partial charge on any atom is 0.215 e. The summed E-state index contributed by atoms with van der Waals surface area (Å²) in [6.45, 7) is 14.4. The molecule has 0 aromatic carbocycles. The van der Waals surface area contributed by atoms with E-state index in [9.17, 15) is 8.42 Å². The van der Waals surface area contributed by atoms with Gasteiger partial charge in [0, 0.05) is 32.7 Å². The Bertz CT molecular complexity index is 464. The lowest BCUT2D eigenvalue weighted by molar-refractivity contribution is 0.208. The second kappa shape index (κ2) is 9.47. The molecular weight excluding hydrogens is 312 g/mol. The van der Waals surface area contributed by atoms with Gasteiger partial charge in [0.15, 0.2) is 5.96 Å². The van der Waals surface area contributed by atoms with Crippen molar-refractivity contribution in [2.75, 3.05) is 45.0 Å². The number of hydrogen-bond acceptors (Lipinski definition) is 3. The smallest absolute Gasteiger partial charge is 0.215 e. The molecule has 1 aliphatic heterocycles. The predicted molar refractivity (Wildman–Crippen MR) is 97.2 cm³/mol. The Hall–Kier alpha value is -0.820. The first kappa shape index (κ1) is 20.2. The molecule has 1 fully saturated rings. The molecular formula is C16H34N4O2S. The van der Waals surface area contributed by atoms with Crippen LogP contribution in [0.2, 0.25) is 0 Å². The summed E-state index contributed by atoms with van der Waals surface area (Å²) >= 11 is 0. The van der Waals surface area contributed by atoms with Gasteiger partial charge in [0.25, 0.3) is 0 Å². The van der Waals surface area contributed by atoms with Crippen LogP contribution in [-0.4, -0.2) is 68.6 Å². The first-order chi connectivity index (χ1) is 10.8. The zero-order valence-electron chi connectivity index (χ0n) is 15.4. The fourth-order valence-corrected chi connectivity index (χ4v) is 4.64. The van der Waals surface area contributed by atoms with Crippen LogP contribution in [-0.2, 0) is 10.0 Å². The largest absolute Gasteiger partial charge is 0.357 e. The van der Waals surface area contributed by atoms with Crippen LogP contribution in [0.25, 0.3) is 0 Å². The minimum Gasteiger partial charge on any atom is -0.357 e. The Morgan fingerprint density at radius 1 is 1.17 bits per heavy atom. The van der Waals surface area contributed by atoms with Crippen LogP contribution in [0.5, 0.6) is 0 Å². The van der Waals surface area contributed by atoms with Crippen LogP contribution in [0, 0.1) is 11.8 Å². The molecule has 1 aliphatic rings. The maximum absolute atomic E-state index is 12.2. The fraction of sp³-hybridized carbons (Fsp3) is 0.938. The summed E-state index contributed by atoms with van der Waals surface area (Å²) in [6, 6.07) is 0. The SMILES string of the molecule is CCNC(=NCCS(=O)(=O)N(CC)CC)N1CC(C)CC(C)C1. The maximum atomic E-state index is 12.2. The van der Waals surface area contributed by atoms with Crippen LogP contribution < -0.4 is 5.32 Å². The van der Waals surface area contributed by atoms with E-state index in [1.807, 2.05) is 20.8 Å². The molecule has 2 unspecified atom stereocenters. The van der Waals surface area contributed by atoms with E-state index in [1.54, 1.807) is 0 Å². The highest BCUT2D eigenvalue weighted by molar-refractivity contribution is 7.89. The minimum absolute atomic E-state index is 0.0719. The highest BCUT2D eigenvalue weighted by atomic mass is 32.2. The van der Waals surface area contributed by atoms with Gasteiger partial charge < -0.3 is 10.2 Å². The average molecular weight is 347 g/mol. The van der Waals surface area contributed by atoms with Gasteiger partial charge in [0.1, 0.15) is 0 Å². The summed E-state index contributed by atoms with van der Waals surface area (Å²) in [5, 5.41) is 3.30. The van der Waals surface area contributed by atoms with E-state index in [2.05, 4.69) is 29.1 Å². The van der Waals surface area contributed by atoms with Gasteiger partial charge >= 0.3 is 0 Å². The van der Waals surface area contributed by atoms with Crippen molar-refractivity contribution < 1.29 is 8.42 Å². The number of nitrogens with zero attached hydrogens (tertiary/aromatic N) is 3. The monoisotopic (exact) mass is 346 g/mol. The third-order valence-corrected chi connectivity index (χ3v) is 6.21. The summed E-state index contributed by atoms with van der Waals surface area (Å²) in [6.07, 6.45) is 1.24. The number of piperidine rings is 1. The van der Waals surface area contributed by atoms with Crippen molar-refractivity contribution >= 4 is 16.0 Å². The average Bonchev–Trinajstić information content (AvgIpc) is 2.46. The Morgan fingerprint density at radius 2 is 1.74 bits per heavy atom. The van der Waals surface area contributed by atoms with E-state index < -0.39 is 10.0 Å². The van der Waals surface area contributed by atoms with E-state index in [0.29, 0.717) is 31.5 Å². The van der Waals surface area contributed by atoms with Crippen LogP contribution in [0.1, 0.15) is 41.0 Å². The third kappa shape index (κ3) is 6.30. The molecule has 0 spiro atoms. The Labute approximate surface area is 142 Å². The lowest BCUT2D eigenvalue weighted by Crippen LogP contribution is -2.48.